The van der Waals surface area contributed by atoms with Crippen molar-refractivity contribution in [2.75, 3.05) is 13.1 Å². The van der Waals surface area contributed by atoms with Gasteiger partial charge in [-0.15, -0.1) is 0 Å². The molecule has 2 heterocycles. The van der Waals surface area contributed by atoms with Gasteiger partial charge in [0.05, 0.1) is 12.0 Å². The highest BCUT2D eigenvalue weighted by Gasteiger charge is 2.41. The molecule has 6 nitrogen and oxygen atoms in total. The summed E-state index contributed by atoms with van der Waals surface area (Å²) < 4.78 is 5.69. The molecule has 1 aromatic heterocycles. The van der Waals surface area contributed by atoms with Gasteiger partial charge in [-0.05, 0) is 31.5 Å². The number of aliphatic carboxylic acids is 1. The zero-order chi connectivity index (χ0) is 18.7. The molecular formula is C20H22N2O4. The van der Waals surface area contributed by atoms with E-state index in [0.29, 0.717) is 12.3 Å². The van der Waals surface area contributed by atoms with Crippen molar-refractivity contribution in [2.24, 2.45) is 5.92 Å². The van der Waals surface area contributed by atoms with E-state index in [1.54, 1.807) is 23.2 Å². The van der Waals surface area contributed by atoms with Gasteiger partial charge in [-0.3, -0.25) is 9.59 Å². The van der Waals surface area contributed by atoms with E-state index in [0.717, 1.165) is 5.56 Å². The van der Waals surface area contributed by atoms with Crippen molar-refractivity contribution >= 4 is 11.9 Å². The van der Waals surface area contributed by atoms with E-state index >= 15 is 0 Å². The first-order chi connectivity index (χ1) is 12.5. The van der Waals surface area contributed by atoms with Gasteiger partial charge in [0.2, 0.25) is 0 Å². The smallest absolute Gasteiger partial charge is 0.308 e. The minimum absolute atomic E-state index is 0.0897. The van der Waals surface area contributed by atoms with Crippen molar-refractivity contribution in [3.63, 3.8) is 0 Å². The molecule has 1 fully saturated rings. The van der Waals surface area contributed by atoms with Crippen molar-refractivity contribution in [3.8, 4) is 5.75 Å². The number of rotatable bonds is 5. The summed E-state index contributed by atoms with van der Waals surface area (Å²) in [7, 11) is 0. The van der Waals surface area contributed by atoms with Gasteiger partial charge in [-0.1, -0.05) is 30.3 Å². The molecule has 1 N–H and O–H groups in total. The molecule has 1 aliphatic heterocycles. The van der Waals surface area contributed by atoms with Gasteiger partial charge < -0.3 is 14.7 Å². The molecule has 1 aliphatic rings. The van der Waals surface area contributed by atoms with Crippen molar-refractivity contribution < 1.29 is 19.4 Å². The molecule has 3 rings (SSSR count). The lowest BCUT2D eigenvalue weighted by atomic mass is 9.89. The number of carbonyl (C=O) groups excluding carboxylic acids is 1. The summed E-state index contributed by atoms with van der Waals surface area (Å²) in [4.78, 5) is 30.5. The quantitative estimate of drug-likeness (QED) is 0.893. The molecule has 136 valence electrons. The summed E-state index contributed by atoms with van der Waals surface area (Å²) in [5.41, 5.74) is 1.15. The van der Waals surface area contributed by atoms with E-state index in [-0.39, 0.29) is 30.2 Å². The van der Waals surface area contributed by atoms with E-state index in [9.17, 15) is 14.7 Å². The molecule has 6 heteroatoms. The van der Waals surface area contributed by atoms with Crippen LogP contribution in [0.2, 0.25) is 0 Å². The maximum atomic E-state index is 13.0. The van der Waals surface area contributed by atoms with Gasteiger partial charge in [-0.2, -0.15) is 0 Å². The Morgan fingerprint density at radius 1 is 1.15 bits per heavy atom. The first-order valence-corrected chi connectivity index (χ1v) is 8.66. The maximum Gasteiger partial charge on any atom is 0.308 e. The summed E-state index contributed by atoms with van der Waals surface area (Å²) >= 11 is 0. The van der Waals surface area contributed by atoms with Crippen LogP contribution >= 0.6 is 0 Å². The molecule has 2 atom stereocenters. The standard InChI is InChI=1S/C20H22N2O4/c1-13(2)26-17-9-6-10-21-18(17)19(23)22-11-15(16(12-22)20(24)25)14-7-4-3-5-8-14/h3-10,13,15-16H,11-12H2,1-2H3,(H,24,25). The Labute approximate surface area is 152 Å². The number of hydrogen-bond acceptors (Lipinski definition) is 4. The predicted octanol–water partition coefficient (Wildman–Crippen LogP) is 2.81. The number of ether oxygens (including phenoxy) is 1. The van der Waals surface area contributed by atoms with Crippen LogP contribution in [0.5, 0.6) is 5.75 Å². The Morgan fingerprint density at radius 2 is 1.88 bits per heavy atom. The number of hydrogen-bond donors (Lipinski definition) is 1. The molecule has 2 unspecified atom stereocenters. The summed E-state index contributed by atoms with van der Waals surface area (Å²) in [5, 5.41) is 9.61. The van der Waals surface area contributed by atoms with Crippen molar-refractivity contribution in [1.82, 2.24) is 9.88 Å². The second-order valence-electron chi connectivity index (χ2n) is 6.69. The van der Waals surface area contributed by atoms with Crippen molar-refractivity contribution in [2.45, 2.75) is 25.9 Å². The minimum Gasteiger partial charge on any atom is -0.489 e. The first-order valence-electron chi connectivity index (χ1n) is 8.66. The number of amides is 1. The number of carbonyl (C=O) groups is 2. The fourth-order valence-electron chi connectivity index (χ4n) is 3.31. The fraction of sp³-hybridized carbons (Fsp3) is 0.350. The highest BCUT2D eigenvalue weighted by molar-refractivity contribution is 5.95. The number of pyridine rings is 1. The molecule has 0 radical (unpaired) electrons. The fourth-order valence-corrected chi connectivity index (χ4v) is 3.31. The third-order valence-electron chi connectivity index (χ3n) is 4.49. The minimum atomic E-state index is -0.895. The van der Waals surface area contributed by atoms with E-state index in [1.807, 2.05) is 44.2 Å². The van der Waals surface area contributed by atoms with Crippen LogP contribution in [0.15, 0.2) is 48.7 Å². The first kappa shape index (κ1) is 17.9. The third kappa shape index (κ3) is 3.69. The van der Waals surface area contributed by atoms with Crippen LogP contribution in [0.25, 0.3) is 0 Å². The Morgan fingerprint density at radius 3 is 2.54 bits per heavy atom. The van der Waals surface area contributed by atoms with E-state index in [2.05, 4.69) is 4.98 Å². The van der Waals surface area contributed by atoms with Crippen molar-refractivity contribution in [3.05, 3.63) is 59.9 Å². The van der Waals surface area contributed by atoms with E-state index in [4.69, 9.17) is 4.74 Å². The third-order valence-corrected chi connectivity index (χ3v) is 4.49. The molecule has 0 aliphatic carbocycles. The molecule has 0 spiro atoms. The lowest BCUT2D eigenvalue weighted by Gasteiger charge is -2.19. The van der Waals surface area contributed by atoms with Crippen LogP contribution in [0.4, 0.5) is 0 Å². The zero-order valence-corrected chi connectivity index (χ0v) is 14.8. The number of carboxylic acid groups (broad SMARTS) is 1. The van der Waals surface area contributed by atoms with E-state index in [1.165, 1.54) is 0 Å². The van der Waals surface area contributed by atoms with Gasteiger partial charge in [0.1, 0.15) is 0 Å². The monoisotopic (exact) mass is 354 g/mol. The number of carboxylic acids is 1. The summed E-state index contributed by atoms with van der Waals surface area (Å²) in [6.45, 7) is 4.26. The average molecular weight is 354 g/mol. The Bertz CT molecular complexity index is 791. The SMILES string of the molecule is CC(C)Oc1cccnc1C(=O)N1CC(C(=O)O)C(c2ccccc2)C1. The highest BCUT2D eigenvalue weighted by atomic mass is 16.5. The van der Waals surface area contributed by atoms with Gasteiger partial charge in [0.15, 0.2) is 11.4 Å². The van der Waals surface area contributed by atoms with Gasteiger partial charge in [0.25, 0.3) is 5.91 Å². The molecule has 0 saturated carbocycles. The van der Waals surface area contributed by atoms with Crippen LogP contribution in [0, 0.1) is 5.92 Å². The Hall–Kier alpha value is -2.89. The maximum absolute atomic E-state index is 13.0. The highest BCUT2D eigenvalue weighted by Crippen LogP contribution is 2.34. The number of benzene rings is 1. The summed E-state index contributed by atoms with van der Waals surface area (Å²) in [6, 6.07) is 12.9. The van der Waals surface area contributed by atoms with Crippen LogP contribution in [-0.4, -0.2) is 46.1 Å². The Balaban J connectivity index is 1.86. The van der Waals surface area contributed by atoms with Crippen LogP contribution in [0.1, 0.15) is 35.8 Å². The second-order valence-corrected chi connectivity index (χ2v) is 6.69. The average Bonchev–Trinajstić information content (AvgIpc) is 3.07. The lowest BCUT2D eigenvalue weighted by molar-refractivity contribution is -0.141. The lowest BCUT2D eigenvalue weighted by Crippen LogP contribution is -2.31. The molecule has 1 saturated heterocycles. The molecular weight excluding hydrogens is 332 g/mol. The molecule has 1 amide bonds. The number of aromatic nitrogens is 1. The van der Waals surface area contributed by atoms with E-state index < -0.39 is 11.9 Å². The molecule has 26 heavy (non-hydrogen) atoms. The second kappa shape index (κ2) is 7.56. The van der Waals surface area contributed by atoms with Crippen LogP contribution in [-0.2, 0) is 4.79 Å². The van der Waals surface area contributed by atoms with Crippen LogP contribution < -0.4 is 4.74 Å². The van der Waals surface area contributed by atoms with Gasteiger partial charge >= 0.3 is 5.97 Å². The summed E-state index contributed by atoms with van der Waals surface area (Å²) in [5.74, 6) is -1.65. The molecule has 1 aromatic carbocycles. The van der Waals surface area contributed by atoms with Crippen LogP contribution in [0.3, 0.4) is 0 Å². The normalized spacial score (nSPS) is 19.6. The summed E-state index contributed by atoms with van der Waals surface area (Å²) in [6.07, 6.45) is 1.45. The number of nitrogens with zero attached hydrogens (tertiary/aromatic N) is 2. The largest absolute Gasteiger partial charge is 0.489 e. The molecule has 2 aromatic rings. The molecule has 0 bridgehead atoms. The topological polar surface area (TPSA) is 79.7 Å². The van der Waals surface area contributed by atoms with Gasteiger partial charge in [-0.25, -0.2) is 4.98 Å². The Kier molecular flexibility index (Phi) is 5.21. The predicted molar refractivity (Wildman–Crippen MR) is 96.2 cm³/mol. The van der Waals surface area contributed by atoms with Crippen molar-refractivity contribution in [1.29, 1.82) is 0 Å². The zero-order valence-electron chi connectivity index (χ0n) is 14.8. The van der Waals surface area contributed by atoms with Gasteiger partial charge in [0, 0.05) is 25.2 Å². The number of likely N-dealkylation sites (tertiary alicyclic amines) is 1.